The molecular weight excluding hydrogens is 402 g/mol. The predicted molar refractivity (Wildman–Crippen MR) is 108 cm³/mol. The third-order valence-electron chi connectivity index (χ3n) is 5.35. The number of halogens is 1. The lowest BCUT2D eigenvalue weighted by Gasteiger charge is -2.38. The molecule has 3 rings (SSSR count). The number of hydrogen-bond acceptors (Lipinski definition) is 5. The molecule has 0 aliphatic carbocycles. The topological polar surface area (TPSA) is 79.0 Å². The highest BCUT2D eigenvalue weighted by Crippen LogP contribution is 2.27. The number of nitrogens with one attached hydrogen (secondary N) is 1. The number of likely N-dealkylation sites (tertiary alicyclic amines) is 1. The minimum atomic E-state index is -3.64. The van der Waals surface area contributed by atoms with Crippen LogP contribution in [0.25, 0.3) is 0 Å². The van der Waals surface area contributed by atoms with Crippen molar-refractivity contribution in [3.05, 3.63) is 28.8 Å². The molecule has 7 nitrogen and oxygen atoms in total. The average Bonchev–Trinajstić information content (AvgIpc) is 3.08. The molecule has 0 spiro atoms. The fraction of sp³-hybridized carbons (Fsp3) is 0.632. The summed E-state index contributed by atoms with van der Waals surface area (Å²) in [6, 6.07) is 4.33. The highest BCUT2D eigenvalue weighted by Gasteiger charge is 2.34. The maximum atomic E-state index is 13.2. The summed E-state index contributed by atoms with van der Waals surface area (Å²) in [6.45, 7) is 7.26. The van der Waals surface area contributed by atoms with E-state index < -0.39 is 10.0 Å². The van der Waals surface area contributed by atoms with Gasteiger partial charge in [-0.1, -0.05) is 11.6 Å². The van der Waals surface area contributed by atoms with Crippen LogP contribution in [0.4, 0.5) is 0 Å². The van der Waals surface area contributed by atoms with Crippen LogP contribution in [0.15, 0.2) is 23.1 Å². The smallest absolute Gasteiger partial charge is 0.255 e. The normalized spacial score (nSPS) is 26.6. The molecule has 0 radical (unpaired) electrons. The summed E-state index contributed by atoms with van der Waals surface area (Å²) >= 11 is 6.25. The van der Waals surface area contributed by atoms with E-state index in [9.17, 15) is 13.2 Å². The first-order chi connectivity index (χ1) is 13.2. The van der Waals surface area contributed by atoms with E-state index in [2.05, 4.69) is 23.5 Å². The maximum Gasteiger partial charge on any atom is 0.255 e. The molecule has 0 saturated carbocycles. The fourth-order valence-corrected chi connectivity index (χ4v) is 5.09. The minimum Gasteiger partial charge on any atom is -0.373 e. The Labute approximate surface area is 172 Å². The predicted octanol–water partition coefficient (Wildman–Crippen LogP) is 1.96. The molecule has 2 aliphatic heterocycles. The van der Waals surface area contributed by atoms with Crippen molar-refractivity contribution in [2.24, 2.45) is 0 Å². The van der Waals surface area contributed by atoms with Gasteiger partial charge in [-0.3, -0.25) is 9.69 Å². The van der Waals surface area contributed by atoms with Gasteiger partial charge in [0.2, 0.25) is 10.0 Å². The summed E-state index contributed by atoms with van der Waals surface area (Å²) < 4.78 is 32.3. The van der Waals surface area contributed by atoms with Crippen LogP contribution < -0.4 is 4.72 Å². The summed E-state index contributed by atoms with van der Waals surface area (Å²) in [4.78, 5) is 17.4. The van der Waals surface area contributed by atoms with E-state index >= 15 is 0 Å². The molecule has 2 heterocycles. The van der Waals surface area contributed by atoms with E-state index in [4.69, 9.17) is 16.3 Å². The molecule has 2 aliphatic rings. The van der Waals surface area contributed by atoms with Crippen LogP contribution in [0.3, 0.4) is 0 Å². The van der Waals surface area contributed by atoms with E-state index in [1.807, 2.05) is 4.90 Å². The third kappa shape index (κ3) is 4.68. The number of morpholine rings is 1. The molecule has 1 aromatic rings. The van der Waals surface area contributed by atoms with Gasteiger partial charge in [-0.15, -0.1) is 0 Å². The van der Waals surface area contributed by atoms with Gasteiger partial charge in [0.05, 0.1) is 27.7 Å². The zero-order chi connectivity index (χ0) is 20.5. The van der Waals surface area contributed by atoms with Crippen molar-refractivity contribution < 1.29 is 17.9 Å². The number of sulfonamides is 1. The van der Waals surface area contributed by atoms with Crippen molar-refractivity contribution >= 4 is 27.5 Å². The second-order valence-corrected chi connectivity index (χ2v) is 9.91. The summed E-state index contributed by atoms with van der Waals surface area (Å²) in [5.41, 5.74) is 0.230. The van der Waals surface area contributed by atoms with E-state index in [-0.39, 0.29) is 39.6 Å². The summed E-state index contributed by atoms with van der Waals surface area (Å²) in [7, 11) is -2.30. The number of benzene rings is 1. The van der Waals surface area contributed by atoms with Gasteiger partial charge in [0.1, 0.15) is 0 Å². The molecule has 3 atom stereocenters. The number of ether oxygens (including phenoxy) is 1. The van der Waals surface area contributed by atoms with Gasteiger partial charge in [-0.05, 0) is 51.9 Å². The van der Waals surface area contributed by atoms with Crippen LogP contribution in [0.1, 0.15) is 37.0 Å². The molecule has 156 valence electrons. The number of nitrogens with zero attached hydrogens (tertiary/aromatic N) is 2. The van der Waals surface area contributed by atoms with Gasteiger partial charge in [0, 0.05) is 32.2 Å². The molecular formula is C19H28ClN3O4S. The highest BCUT2D eigenvalue weighted by molar-refractivity contribution is 7.89. The monoisotopic (exact) mass is 429 g/mol. The van der Waals surface area contributed by atoms with Crippen molar-refractivity contribution in [2.75, 3.05) is 33.2 Å². The zero-order valence-electron chi connectivity index (χ0n) is 16.5. The number of amides is 1. The first-order valence-electron chi connectivity index (χ1n) is 9.63. The molecule has 0 bridgehead atoms. The zero-order valence-corrected chi connectivity index (χ0v) is 18.1. The molecule has 1 amide bonds. The Morgan fingerprint density at radius 2 is 1.96 bits per heavy atom. The molecule has 1 aromatic carbocycles. The van der Waals surface area contributed by atoms with E-state index in [0.717, 1.165) is 32.5 Å². The summed E-state index contributed by atoms with van der Waals surface area (Å²) in [5.74, 6) is -0.213. The van der Waals surface area contributed by atoms with Crippen LogP contribution in [-0.2, 0) is 14.8 Å². The fourth-order valence-electron chi connectivity index (χ4n) is 4.13. The number of carbonyl (C=O) groups excluding carboxylic acids is 1. The van der Waals surface area contributed by atoms with Crippen LogP contribution in [0.2, 0.25) is 5.02 Å². The van der Waals surface area contributed by atoms with Crippen molar-refractivity contribution in [3.8, 4) is 0 Å². The Morgan fingerprint density at radius 1 is 1.29 bits per heavy atom. The average molecular weight is 430 g/mol. The van der Waals surface area contributed by atoms with Gasteiger partial charge < -0.3 is 9.64 Å². The van der Waals surface area contributed by atoms with Gasteiger partial charge in [0.15, 0.2) is 0 Å². The SMILES string of the molecule is CNS(=O)(=O)c1ccc(Cl)c(C(=O)N2CCCC2CN2CC(C)OC(C)C2)c1. The van der Waals surface area contributed by atoms with Crippen LogP contribution >= 0.6 is 11.6 Å². The Kier molecular flexibility index (Phi) is 6.66. The van der Waals surface area contributed by atoms with Gasteiger partial charge in [-0.25, -0.2) is 13.1 Å². The van der Waals surface area contributed by atoms with E-state index in [1.165, 1.54) is 25.2 Å². The van der Waals surface area contributed by atoms with Crippen molar-refractivity contribution in [3.63, 3.8) is 0 Å². The molecule has 1 N–H and O–H groups in total. The first kappa shape index (κ1) is 21.5. The molecule has 2 saturated heterocycles. The molecule has 2 fully saturated rings. The van der Waals surface area contributed by atoms with Crippen molar-refractivity contribution in [1.29, 1.82) is 0 Å². The quantitative estimate of drug-likeness (QED) is 0.774. The largest absolute Gasteiger partial charge is 0.373 e. The van der Waals surface area contributed by atoms with Crippen molar-refractivity contribution in [1.82, 2.24) is 14.5 Å². The standard InChI is InChI=1S/C19H28ClN3O4S/c1-13-10-22(11-14(2)27-13)12-15-5-4-8-23(15)19(24)17-9-16(6-7-18(17)20)28(25,26)21-3/h6-7,9,13-15,21H,4-5,8,10-12H2,1-3H3. The van der Waals surface area contributed by atoms with Gasteiger partial charge in [0.25, 0.3) is 5.91 Å². The lowest BCUT2D eigenvalue weighted by Crippen LogP contribution is -2.51. The number of rotatable bonds is 5. The second-order valence-electron chi connectivity index (χ2n) is 7.62. The highest BCUT2D eigenvalue weighted by atomic mass is 35.5. The van der Waals surface area contributed by atoms with Crippen LogP contribution in [0, 0.1) is 0 Å². The molecule has 9 heteroatoms. The van der Waals surface area contributed by atoms with Gasteiger partial charge >= 0.3 is 0 Å². The molecule has 0 aromatic heterocycles. The first-order valence-corrected chi connectivity index (χ1v) is 11.5. The third-order valence-corrected chi connectivity index (χ3v) is 7.09. The lowest BCUT2D eigenvalue weighted by atomic mass is 10.1. The Morgan fingerprint density at radius 3 is 2.61 bits per heavy atom. The molecule has 28 heavy (non-hydrogen) atoms. The summed E-state index contributed by atoms with van der Waals surface area (Å²) in [6.07, 6.45) is 2.20. The Hall–Kier alpha value is -1.19. The minimum absolute atomic E-state index is 0.0364. The molecule has 3 unspecified atom stereocenters. The van der Waals surface area contributed by atoms with E-state index in [1.54, 1.807) is 0 Å². The summed E-state index contributed by atoms with van der Waals surface area (Å²) in [5, 5.41) is 0.263. The Bertz CT molecular complexity index is 822. The van der Waals surface area contributed by atoms with E-state index in [0.29, 0.717) is 6.54 Å². The van der Waals surface area contributed by atoms with Crippen LogP contribution in [0.5, 0.6) is 0 Å². The maximum absolute atomic E-state index is 13.2. The Balaban J connectivity index is 1.79. The number of hydrogen-bond donors (Lipinski definition) is 1. The van der Waals surface area contributed by atoms with Crippen molar-refractivity contribution in [2.45, 2.75) is 49.8 Å². The van der Waals surface area contributed by atoms with Crippen LogP contribution in [-0.4, -0.2) is 75.6 Å². The van der Waals surface area contributed by atoms with Gasteiger partial charge in [-0.2, -0.15) is 0 Å². The number of carbonyl (C=O) groups is 1. The lowest BCUT2D eigenvalue weighted by molar-refractivity contribution is -0.0715. The second kappa shape index (κ2) is 8.67.